The van der Waals surface area contributed by atoms with Gasteiger partial charge in [-0.15, -0.1) is 0 Å². The summed E-state index contributed by atoms with van der Waals surface area (Å²) in [6.07, 6.45) is 2.29. The molecule has 0 spiro atoms. The number of fused-ring (bicyclic) bond motifs is 1. The lowest BCUT2D eigenvalue weighted by Gasteiger charge is -2.35. The predicted octanol–water partition coefficient (Wildman–Crippen LogP) is 2.19. The molecule has 0 radical (unpaired) electrons. The first-order chi connectivity index (χ1) is 7.36. The zero-order valence-corrected chi connectivity index (χ0v) is 8.94. The Balaban J connectivity index is 2.33. The summed E-state index contributed by atoms with van der Waals surface area (Å²) in [6, 6.07) is 8.31. The first-order valence-corrected chi connectivity index (χ1v) is 5.32. The van der Waals surface area contributed by atoms with Crippen molar-refractivity contribution >= 4 is 6.34 Å². The molecule has 2 rings (SSSR count). The molecule has 1 aliphatic rings. The van der Waals surface area contributed by atoms with Crippen LogP contribution in [0.15, 0.2) is 24.3 Å². The summed E-state index contributed by atoms with van der Waals surface area (Å²) >= 11 is 0. The van der Waals surface area contributed by atoms with E-state index in [9.17, 15) is 0 Å². The smallest absolute Gasteiger partial charge is 0.157 e. The Hall–Kier alpha value is -1.35. The minimum atomic E-state index is -0.0718. The van der Waals surface area contributed by atoms with E-state index in [0.29, 0.717) is 6.61 Å². The number of hydrogen-bond donors (Lipinski definition) is 1. The van der Waals surface area contributed by atoms with Gasteiger partial charge in [0, 0.05) is 18.7 Å². The Labute approximate surface area is 90.2 Å². The fraction of sp³-hybridized carbons (Fsp3) is 0.417. The highest BCUT2D eigenvalue weighted by atomic mass is 16.5. The average molecular weight is 204 g/mol. The Morgan fingerprint density at radius 1 is 1.53 bits per heavy atom. The maximum Gasteiger partial charge on any atom is 0.157 e. The second-order valence-electron chi connectivity index (χ2n) is 3.62. The minimum absolute atomic E-state index is 0.0718. The van der Waals surface area contributed by atoms with Crippen molar-refractivity contribution in [1.82, 2.24) is 4.90 Å². The van der Waals surface area contributed by atoms with Crippen LogP contribution in [0, 0.1) is 5.41 Å². The quantitative estimate of drug-likeness (QED) is 0.605. The number of nitrogens with zero attached hydrogens (tertiary/aromatic N) is 1. The first-order valence-electron chi connectivity index (χ1n) is 5.32. The molecule has 1 N–H and O–H groups in total. The zero-order valence-electron chi connectivity index (χ0n) is 8.94. The standard InChI is InChI=1S/C12H16N2O/c1-2-15-12-11-6-4-3-5-10(11)7-8-14(12)9-13/h3-6,9,12-13H,2,7-8H2,1H3. The molecule has 1 aromatic carbocycles. The molecule has 1 heterocycles. The summed E-state index contributed by atoms with van der Waals surface area (Å²) in [5, 5.41) is 7.37. The Kier molecular flexibility index (Phi) is 3.02. The molecule has 80 valence electrons. The molecule has 1 unspecified atom stereocenters. The molecule has 0 saturated carbocycles. The SMILES string of the molecule is CCOC1c2ccccc2CCN1C=N. The number of benzene rings is 1. The summed E-state index contributed by atoms with van der Waals surface area (Å²) in [4.78, 5) is 1.94. The van der Waals surface area contributed by atoms with Crippen LogP contribution < -0.4 is 0 Å². The first kappa shape index (κ1) is 10.2. The van der Waals surface area contributed by atoms with Crippen molar-refractivity contribution in [3.05, 3.63) is 35.4 Å². The summed E-state index contributed by atoms with van der Waals surface area (Å²) in [7, 11) is 0. The Morgan fingerprint density at radius 3 is 3.07 bits per heavy atom. The summed E-state index contributed by atoms with van der Waals surface area (Å²) in [5.74, 6) is 0. The molecular weight excluding hydrogens is 188 g/mol. The van der Waals surface area contributed by atoms with E-state index >= 15 is 0 Å². The molecule has 3 nitrogen and oxygen atoms in total. The van der Waals surface area contributed by atoms with E-state index in [-0.39, 0.29) is 6.23 Å². The van der Waals surface area contributed by atoms with Gasteiger partial charge in [-0.1, -0.05) is 24.3 Å². The molecule has 15 heavy (non-hydrogen) atoms. The third-order valence-corrected chi connectivity index (χ3v) is 2.75. The van der Waals surface area contributed by atoms with Gasteiger partial charge in [0.25, 0.3) is 0 Å². The van der Waals surface area contributed by atoms with Crippen molar-refractivity contribution in [3.8, 4) is 0 Å². The van der Waals surface area contributed by atoms with Gasteiger partial charge in [0.15, 0.2) is 6.23 Å². The lowest BCUT2D eigenvalue weighted by Crippen LogP contribution is -2.35. The molecule has 0 aliphatic carbocycles. The fourth-order valence-electron chi connectivity index (χ4n) is 2.02. The molecule has 0 bridgehead atoms. The Bertz CT molecular complexity index is 351. The van der Waals surface area contributed by atoms with Crippen LogP contribution in [0.25, 0.3) is 0 Å². The fourth-order valence-corrected chi connectivity index (χ4v) is 2.02. The van der Waals surface area contributed by atoms with Crippen molar-refractivity contribution in [1.29, 1.82) is 5.41 Å². The zero-order chi connectivity index (χ0) is 10.7. The van der Waals surface area contributed by atoms with Crippen molar-refractivity contribution in [2.75, 3.05) is 13.2 Å². The predicted molar refractivity (Wildman–Crippen MR) is 60.0 cm³/mol. The highest BCUT2D eigenvalue weighted by Crippen LogP contribution is 2.29. The maximum atomic E-state index is 7.37. The van der Waals surface area contributed by atoms with Crippen molar-refractivity contribution in [2.45, 2.75) is 19.6 Å². The van der Waals surface area contributed by atoms with Crippen molar-refractivity contribution in [3.63, 3.8) is 0 Å². The van der Waals surface area contributed by atoms with Crippen molar-refractivity contribution in [2.24, 2.45) is 0 Å². The Morgan fingerprint density at radius 2 is 2.33 bits per heavy atom. The molecule has 1 aliphatic heterocycles. The number of rotatable bonds is 3. The molecular formula is C12H16N2O. The van der Waals surface area contributed by atoms with Crippen molar-refractivity contribution < 1.29 is 4.74 Å². The summed E-state index contributed by atoms with van der Waals surface area (Å²) in [5.41, 5.74) is 2.54. The molecule has 1 aromatic rings. The van der Waals surface area contributed by atoms with Crippen LogP contribution in [-0.4, -0.2) is 24.4 Å². The minimum Gasteiger partial charge on any atom is -0.354 e. The second-order valence-corrected chi connectivity index (χ2v) is 3.62. The van der Waals surface area contributed by atoms with Gasteiger partial charge < -0.3 is 9.64 Å². The number of nitrogens with one attached hydrogen (secondary N) is 1. The molecule has 3 heteroatoms. The molecule has 0 saturated heterocycles. The van der Waals surface area contributed by atoms with Crippen LogP contribution in [0.1, 0.15) is 24.3 Å². The van der Waals surface area contributed by atoms with E-state index in [0.717, 1.165) is 13.0 Å². The largest absolute Gasteiger partial charge is 0.354 e. The average Bonchev–Trinajstić information content (AvgIpc) is 2.30. The van der Waals surface area contributed by atoms with E-state index in [1.165, 1.54) is 17.5 Å². The van der Waals surface area contributed by atoms with Crippen LogP contribution in [-0.2, 0) is 11.2 Å². The van der Waals surface area contributed by atoms with Gasteiger partial charge in [-0.05, 0) is 18.9 Å². The second kappa shape index (κ2) is 4.45. The van der Waals surface area contributed by atoms with E-state index < -0.39 is 0 Å². The highest BCUT2D eigenvalue weighted by molar-refractivity contribution is 5.53. The van der Waals surface area contributed by atoms with Gasteiger partial charge in [0.1, 0.15) is 0 Å². The van der Waals surface area contributed by atoms with Gasteiger partial charge >= 0.3 is 0 Å². The number of hydrogen-bond acceptors (Lipinski definition) is 2. The van der Waals surface area contributed by atoms with Gasteiger partial charge in [0.2, 0.25) is 0 Å². The maximum absolute atomic E-state index is 7.37. The van der Waals surface area contributed by atoms with Crippen LogP contribution in [0.3, 0.4) is 0 Å². The van der Waals surface area contributed by atoms with Crippen LogP contribution >= 0.6 is 0 Å². The van der Waals surface area contributed by atoms with E-state index in [2.05, 4.69) is 18.2 Å². The third-order valence-electron chi connectivity index (χ3n) is 2.75. The monoisotopic (exact) mass is 204 g/mol. The lowest BCUT2D eigenvalue weighted by molar-refractivity contribution is -0.0259. The lowest BCUT2D eigenvalue weighted by atomic mass is 9.98. The summed E-state index contributed by atoms with van der Waals surface area (Å²) in [6.45, 7) is 3.52. The third kappa shape index (κ3) is 1.88. The number of ether oxygens (including phenoxy) is 1. The van der Waals surface area contributed by atoms with Crippen LogP contribution in [0.4, 0.5) is 0 Å². The van der Waals surface area contributed by atoms with E-state index in [1.807, 2.05) is 17.9 Å². The normalized spacial score (nSPS) is 19.8. The molecule has 0 aromatic heterocycles. The van der Waals surface area contributed by atoms with E-state index in [4.69, 9.17) is 10.1 Å². The van der Waals surface area contributed by atoms with Gasteiger partial charge in [0.05, 0.1) is 6.34 Å². The summed E-state index contributed by atoms with van der Waals surface area (Å²) < 4.78 is 5.69. The highest BCUT2D eigenvalue weighted by Gasteiger charge is 2.25. The van der Waals surface area contributed by atoms with Gasteiger partial charge in [-0.3, -0.25) is 5.41 Å². The van der Waals surface area contributed by atoms with Gasteiger partial charge in [-0.25, -0.2) is 0 Å². The van der Waals surface area contributed by atoms with Crippen LogP contribution in [0.2, 0.25) is 0 Å². The topological polar surface area (TPSA) is 36.3 Å². The molecule has 0 amide bonds. The van der Waals surface area contributed by atoms with E-state index in [1.54, 1.807) is 0 Å². The van der Waals surface area contributed by atoms with Gasteiger partial charge in [-0.2, -0.15) is 0 Å². The molecule has 1 atom stereocenters. The molecule has 0 fully saturated rings. The van der Waals surface area contributed by atoms with Crippen LogP contribution in [0.5, 0.6) is 0 Å².